The van der Waals surface area contributed by atoms with Crippen molar-refractivity contribution in [3.63, 3.8) is 0 Å². The molecular formula is C12H17N3O2. The summed E-state index contributed by atoms with van der Waals surface area (Å²) < 4.78 is 5.43. The van der Waals surface area contributed by atoms with Crippen LogP contribution in [-0.2, 0) is 0 Å². The van der Waals surface area contributed by atoms with Crippen molar-refractivity contribution in [2.45, 2.75) is 37.6 Å². The minimum atomic E-state index is -0.101. The van der Waals surface area contributed by atoms with Gasteiger partial charge in [-0.3, -0.25) is 4.79 Å². The number of piperidine rings is 1. The summed E-state index contributed by atoms with van der Waals surface area (Å²) >= 11 is 0. The number of nitrogens with zero attached hydrogens (tertiary/aromatic N) is 1. The summed E-state index contributed by atoms with van der Waals surface area (Å²) in [5.41, 5.74) is 0.422. The lowest BCUT2D eigenvalue weighted by atomic mass is 9.98. The summed E-state index contributed by atoms with van der Waals surface area (Å²) in [6.45, 7) is 1.99. The maximum atomic E-state index is 11.7. The Balaban J connectivity index is 1.65. The predicted octanol–water partition coefficient (Wildman–Crippen LogP) is 1.03. The van der Waals surface area contributed by atoms with E-state index in [-0.39, 0.29) is 5.91 Å². The van der Waals surface area contributed by atoms with Gasteiger partial charge in [-0.1, -0.05) is 0 Å². The molecule has 1 aliphatic heterocycles. The van der Waals surface area contributed by atoms with Gasteiger partial charge in [0.1, 0.15) is 6.26 Å². The van der Waals surface area contributed by atoms with Crippen LogP contribution in [0, 0.1) is 0 Å². The molecule has 0 spiro atoms. The van der Waals surface area contributed by atoms with Crippen LogP contribution in [-0.4, -0.2) is 30.0 Å². The Morgan fingerprint density at radius 3 is 2.82 bits per heavy atom. The van der Waals surface area contributed by atoms with Crippen LogP contribution >= 0.6 is 0 Å². The summed E-state index contributed by atoms with van der Waals surface area (Å²) in [7, 11) is 0. The number of hydrogen-bond acceptors (Lipinski definition) is 4. The summed E-state index contributed by atoms with van der Waals surface area (Å²) in [4.78, 5) is 16.1. The Bertz CT molecular complexity index is 406. The van der Waals surface area contributed by atoms with E-state index in [1.807, 2.05) is 0 Å². The highest BCUT2D eigenvalue weighted by molar-refractivity contribution is 5.92. The third kappa shape index (κ3) is 2.49. The predicted molar refractivity (Wildman–Crippen MR) is 61.8 cm³/mol. The van der Waals surface area contributed by atoms with Crippen LogP contribution in [0.1, 0.15) is 48.0 Å². The zero-order valence-electron chi connectivity index (χ0n) is 9.74. The Hall–Kier alpha value is -1.36. The quantitative estimate of drug-likeness (QED) is 0.821. The molecule has 1 saturated carbocycles. The van der Waals surface area contributed by atoms with Crippen LogP contribution in [0.4, 0.5) is 0 Å². The fraction of sp³-hybridized carbons (Fsp3) is 0.667. The van der Waals surface area contributed by atoms with E-state index in [9.17, 15) is 4.79 Å². The van der Waals surface area contributed by atoms with Gasteiger partial charge in [0.2, 0.25) is 0 Å². The molecule has 1 saturated heterocycles. The summed E-state index contributed by atoms with van der Waals surface area (Å²) in [5, 5.41) is 6.21. The van der Waals surface area contributed by atoms with E-state index >= 15 is 0 Å². The number of nitrogens with one attached hydrogen (secondary N) is 2. The molecule has 1 aromatic heterocycles. The molecule has 2 N–H and O–H groups in total. The Kier molecular flexibility index (Phi) is 2.84. The highest BCUT2D eigenvalue weighted by Crippen LogP contribution is 2.25. The number of aromatic nitrogens is 1. The van der Waals surface area contributed by atoms with Crippen molar-refractivity contribution in [2.24, 2.45) is 0 Å². The van der Waals surface area contributed by atoms with Crippen LogP contribution in [0.25, 0.3) is 0 Å². The minimum Gasteiger partial charge on any atom is -0.448 e. The van der Waals surface area contributed by atoms with Gasteiger partial charge in [0.25, 0.3) is 5.91 Å². The molecule has 5 nitrogen and oxygen atoms in total. The molecule has 0 bridgehead atoms. The molecule has 0 unspecified atom stereocenters. The van der Waals surface area contributed by atoms with E-state index in [4.69, 9.17) is 4.42 Å². The molecule has 0 atom stereocenters. The largest absolute Gasteiger partial charge is 0.448 e. The van der Waals surface area contributed by atoms with Crippen molar-refractivity contribution in [1.82, 2.24) is 15.6 Å². The Morgan fingerprint density at radius 1 is 1.35 bits per heavy atom. The van der Waals surface area contributed by atoms with Crippen molar-refractivity contribution in [2.75, 3.05) is 13.1 Å². The fourth-order valence-electron chi connectivity index (χ4n) is 2.14. The smallest absolute Gasteiger partial charge is 0.273 e. The van der Waals surface area contributed by atoms with Gasteiger partial charge >= 0.3 is 0 Å². The first-order valence-corrected chi connectivity index (χ1v) is 6.30. The number of rotatable bonds is 3. The maximum Gasteiger partial charge on any atom is 0.273 e. The fourth-order valence-corrected chi connectivity index (χ4v) is 2.14. The first-order chi connectivity index (χ1) is 8.33. The summed E-state index contributed by atoms with van der Waals surface area (Å²) in [6, 6.07) is 0.363. The highest BCUT2D eigenvalue weighted by Gasteiger charge is 2.26. The first kappa shape index (κ1) is 10.8. The second-order valence-electron chi connectivity index (χ2n) is 4.84. The van der Waals surface area contributed by atoms with Gasteiger partial charge in [-0.25, -0.2) is 4.98 Å². The molecule has 2 fully saturated rings. The molecule has 3 rings (SSSR count). The third-order valence-corrected chi connectivity index (χ3v) is 3.36. The molecule has 2 heterocycles. The molecule has 17 heavy (non-hydrogen) atoms. The molecule has 1 aliphatic carbocycles. The number of carbonyl (C=O) groups excluding carboxylic acids is 1. The number of amides is 1. The Labute approximate surface area is 100.0 Å². The van der Waals surface area contributed by atoms with Crippen LogP contribution in [0.5, 0.6) is 0 Å². The molecule has 0 aromatic carbocycles. The molecule has 92 valence electrons. The van der Waals surface area contributed by atoms with Gasteiger partial charge in [-0.15, -0.1) is 0 Å². The van der Waals surface area contributed by atoms with E-state index in [1.165, 1.54) is 6.26 Å². The third-order valence-electron chi connectivity index (χ3n) is 3.36. The normalized spacial score (nSPS) is 21.4. The van der Waals surface area contributed by atoms with Gasteiger partial charge in [0.15, 0.2) is 11.6 Å². The second kappa shape index (κ2) is 4.49. The lowest BCUT2D eigenvalue weighted by Gasteiger charge is -2.19. The van der Waals surface area contributed by atoms with Gasteiger partial charge in [0.05, 0.1) is 0 Å². The monoisotopic (exact) mass is 235 g/mol. The molecule has 1 amide bonds. The van der Waals surface area contributed by atoms with Crippen molar-refractivity contribution in [1.29, 1.82) is 0 Å². The lowest BCUT2D eigenvalue weighted by molar-refractivity contribution is 0.0946. The zero-order chi connectivity index (χ0) is 11.7. The van der Waals surface area contributed by atoms with E-state index in [1.54, 1.807) is 0 Å². The molecule has 2 aliphatic rings. The lowest BCUT2D eigenvalue weighted by Crippen LogP contribution is -2.27. The Morgan fingerprint density at radius 2 is 2.12 bits per heavy atom. The molecule has 1 aromatic rings. The summed E-state index contributed by atoms with van der Waals surface area (Å²) in [5.74, 6) is 0.975. The number of hydrogen-bond donors (Lipinski definition) is 2. The van der Waals surface area contributed by atoms with Crippen LogP contribution in [0.3, 0.4) is 0 Å². The van der Waals surface area contributed by atoms with E-state index in [2.05, 4.69) is 15.6 Å². The molecular weight excluding hydrogens is 218 g/mol. The van der Waals surface area contributed by atoms with E-state index in [0.717, 1.165) is 38.8 Å². The van der Waals surface area contributed by atoms with Gasteiger partial charge in [-0.05, 0) is 38.8 Å². The second-order valence-corrected chi connectivity index (χ2v) is 4.84. The average Bonchev–Trinajstić information content (AvgIpc) is 3.04. The minimum absolute atomic E-state index is 0.101. The van der Waals surface area contributed by atoms with Gasteiger partial charge < -0.3 is 15.1 Å². The van der Waals surface area contributed by atoms with Gasteiger partial charge in [-0.2, -0.15) is 0 Å². The number of carbonyl (C=O) groups is 1. The van der Waals surface area contributed by atoms with Crippen LogP contribution < -0.4 is 10.6 Å². The van der Waals surface area contributed by atoms with Gasteiger partial charge in [0, 0.05) is 12.0 Å². The standard InChI is InChI=1S/C12H17N3O2/c16-11(14-9-1-2-9)10-7-17-12(15-10)8-3-5-13-6-4-8/h7-9,13H,1-6H2,(H,14,16). The van der Waals surface area contributed by atoms with Crippen molar-refractivity contribution in [3.05, 3.63) is 17.8 Å². The topological polar surface area (TPSA) is 67.2 Å². The molecule has 5 heteroatoms. The van der Waals surface area contributed by atoms with Crippen LogP contribution in [0.15, 0.2) is 10.7 Å². The van der Waals surface area contributed by atoms with Crippen LogP contribution in [0.2, 0.25) is 0 Å². The zero-order valence-corrected chi connectivity index (χ0v) is 9.74. The highest BCUT2D eigenvalue weighted by atomic mass is 16.3. The van der Waals surface area contributed by atoms with E-state index in [0.29, 0.717) is 23.5 Å². The van der Waals surface area contributed by atoms with E-state index < -0.39 is 0 Å². The SMILES string of the molecule is O=C(NC1CC1)c1coc(C2CCNCC2)n1. The average molecular weight is 235 g/mol. The van der Waals surface area contributed by atoms with Crippen molar-refractivity contribution < 1.29 is 9.21 Å². The first-order valence-electron chi connectivity index (χ1n) is 6.30. The van der Waals surface area contributed by atoms with Crippen molar-refractivity contribution in [3.8, 4) is 0 Å². The number of oxazole rings is 1. The molecule has 0 radical (unpaired) electrons. The summed E-state index contributed by atoms with van der Waals surface area (Å²) in [6.07, 6.45) is 5.72. The van der Waals surface area contributed by atoms with Crippen molar-refractivity contribution >= 4 is 5.91 Å². The maximum absolute atomic E-state index is 11.7.